The van der Waals surface area contributed by atoms with Gasteiger partial charge in [-0.05, 0) is 42.5 Å². The molecule has 1 aromatic heterocycles. The topological polar surface area (TPSA) is 114 Å². The highest BCUT2D eigenvalue weighted by Crippen LogP contribution is 2.28. The van der Waals surface area contributed by atoms with Crippen LogP contribution in [0.1, 0.15) is 0 Å². The summed E-state index contributed by atoms with van der Waals surface area (Å²) in [5.41, 5.74) is 0.528. The van der Waals surface area contributed by atoms with Gasteiger partial charge in [0.25, 0.3) is 0 Å². The number of sulfone groups is 1. The number of fused-ring (bicyclic) bond motifs is 1. The van der Waals surface area contributed by atoms with Crippen molar-refractivity contribution in [2.75, 3.05) is 25.2 Å². The first-order valence-electron chi connectivity index (χ1n) is 8.09. The molecule has 154 valence electrons. The van der Waals surface area contributed by atoms with Crippen molar-refractivity contribution in [1.29, 1.82) is 0 Å². The molecule has 0 saturated heterocycles. The van der Waals surface area contributed by atoms with Gasteiger partial charge in [0.15, 0.2) is 15.0 Å². The molecule has 2 aromatic carbocycles. The molecule has 0 spiro atoms. The molecule has 1 N–H and O–H groups in total. The molecule has 0 saturated carbocycles. The van der Waals surface area contributed by atoms with E-state index in [4.69, 9.17) is 11.6 Å². The summed E-state index contributed by atoms with van der Waals surface area (Å²) >= 11 is 6.87. The number of nitrogens with zero attached hydrogens (tertiary/aromatic N) is 2. The molecule has 1 heterocycles. The minimum atomic E-state index is -3.86. The number of aromatic nitrogens is 1. The zero-order valence-corrected chi connectivity index (χ0v) is 18.5. The number of hydrogen-bond acceptors (Lipinski definition) is 7. The summed E-state index contributed by atoms with van der Waals surface area (Å²) in [4.78, 5) is 16.7. The van der Waals surface area contributed by atoms with Gasteiger partial charge in [-0.2, -0.15) is 4.31 Å². The molecule has 8 nitrogen and oxygen atoms in total. The Morgan fingerprint density at radius 3 is 2.34 bits per heavy atom. The highest BCUT2D eigenvalue weighted by molar-refractivity contribution is 7.90. The molecular weight excluding hydrogens is 458 g/mol. The van der Waals surface area contributed by atoms with Crippen molar-refractivity contribution in [1.82, 2.24) is 9.29 Å². The van der Waals surface area contributed by atoms with Gasteiger partial charge in [-0.1, -0.05) is 22.9 Å². The van der Waals surface area contributed by atoms with Crippen molar-refractivity contribution in [3.8, 4) is 0 Å². The molecule has 0 atom stereocenters. The van der Waals surface area contributed by atoms with Gasteiger partial charge in [0.1, 0.15) is 0 Å². The van der Waals surface area contributed by atoms with E-state index in [1.807, 2.05) is 0 Å². The molecular formula is C17H16ClN3O5S3. The van der Waals surface area contributed by atoms with Gasteiger partial charge in [-0.15, -0.1) is 0 Å². The normalized spacial score (nSPS) is 12.4. The van der Waals surface area contributed by atoms with Gasteiger partial charge >= 0.3 is 0 Å². The largest absolute Gasteiger partial charge is 0.301 e. The third kappa shape index (κ3) is 4.93. The third-order valence-corrected chi connectivity index (χ3v) is 8.04. The van der Waals surface area contributed by atoms with Gasteiger partial charge in [0.2, 0.25) is 15.9 Å². The van der Waals surface area contributed by atoms with E-state index in [1.54, 1.807) is 6.07 Å². The number of anilines is 1. The van der Waals surface area contributed by atoms with Crippen LogP contribution in [0.2, 0.25) is 5.02 Å². The Balaban J connectivity index is 1.74. The van der Waals surface area contributed by atoms with Gasteiger partial charge in [-0.3, -0.25) is 4.79 Å². The minimum Gasteiger partial charge on any atom is -0.301 e. The average Bonchev–Trinajstić information content (AvgIpc) is 3.02. The van der Waals surface area contributed by atoms with Crippen molar-refractivity contribution < 1.29 is 21.6 Å². The first kappa shape index (κ1) is 21.7. The number of halogens is 1. The Morgan fingerprint density at radius 1 is 1.10 bits per heavy atom. The van der Waals surface area contributed by atoms with E-state index in [1.165, 1.54) is 43.4 Å². The molecule has 0 bridgehead atoms. The van der Waals surface area contributed by atoms with Crippen molar-refractivity contribution in [3.05, 3.63) is 47.5 Å². The Labute approximate surface area is 177 Å². The van der Waals surface area contributed by atoms with Gasteiger partial charge in [0.05, 0.1) is 26.6 Å². The summed E-state index contributed by atoms with van der Waals surface area (Å²) in [6, 6.07) is 10.1. The lowest BCUT2D eigenvalue weighted by molar-refractivity contribution is -0.116. The third-order valence-electron chi connectivity index (χ3n) is 3.92. The summed E-state index contributed by atoms with van der Waals surface area (Å²) in [5.74, 6) is -0.576. The number of rotatable bonds is 6. The fourth-order valence-electron chi connectivity index (χ4n) is 2.42. The molecule has 29 heavy (non-hydrogen) atoms. The predicted octanol–water partition coefficient (Wildman–Crippen LogP) is 2.61. The maximum atomic E-state index is 12.5. The second kappa shape index (κ2) is 8.00. The summed E-state index contributed by atoms with van der Waals surface area (Å²) in [7, 11) is -5.93. The van der Waals surface area contributed by atoms with E-state index in [-0.39, 0.29) is 14.9 Å². The number of nitrogens with one attached hydrogen (secondary N) is 1. The van der Waals surface area contributed by atoms with Crippen LogP contribution in [0.3, 0.4) is 0 Å². The van der Waals surface area contributed by atoms with E-state index in [0.717, 1.165) is 21.9 Å². The summed E-state index contributed by atoms with van der Waals surface area (Å²) in [6.45, 7) is -0.421. The fraction of sp³-hybridized carbons (Fsp3) is 0.176. The number of carbonyl (C=O) groups is 1. The van der Waals surface area contributed by atoms with E-state index in [0.29, 0.717) is 15.2 Å². The van der Waals surface area contributed by atoms with Crippen LogP contribution in [0.5, 0.6) is 0 Å². The van der Waals surface area contributed by atoms with Crippen LogP contribution >= 0.6 is 22.9 Å². The highest BCUT2D eigenvalue weighted by atomic mass is 35.5. The number of sulfonamides is 1. The molecule has 0 aliphatic rings. The lowest BCUT2D eigenvalue weighted by Gasteiger charge is -2.16. The first-order valence-corrected chi connectivity index (χ1v) is 12.6. The molecule has 3 rings (SSSR count). The highest BCUT2D eigenvalue weighted by Gasteiger charge is 2.23. The molecule has 0 unspecified atom stereocenters. The quantitative estimate of drug-likeness (QED) is 0.588. The van der Waals surface area contributed by atoms with Crippen molar-refractivity contribution in [2.24, 2.45) is 0 Å². The minimum absolute atomic E-state index is 0.0190. The van der Waals surface area contributed by atoms with Crippen LogP contribution in [0.15, 0.2) is 52.3 Å². The Kier molecular flexibility index (Phi) is 5.97. The summed E-state index contributed by atoms with van der Waals surface area (Å²) < 4.78 is 49.9. The van der Waals surface area contributed by atoms with Crippen LogP contribution in [0.4, 0.5) is 5.13 Å². The monoisotopic (exact) mass is 473 g/mol. The first-order chi connectivity index (χ1) is 13.5. The number of carbonyl (C=O) groups excluding carboxylic acids is 1. The summed E-state index contributed by atoms with van der Waals surface area (Å²) in [6.07, 6.45) is 1.11. The molecule has 0 radical (unpaired) electrons. The van der Waals surface area contributed by atoms with Crippen LogP contribution in [0.25, 0.3) is 10.2 Å². The average molecular weight is 474 g/mol. The van der Waals surface area contributed by atoms with Crippen LogP contribution < -0.4 is 5.32 Å². The number of amides is 1. The number of hydrogen-bond donors (Lipinski definition) is 1. The predicted molar refractivity (Wildman–Crippen MR) is 113 cm³/mol. The Bertz CT molecular complexity index is 1290. The van der Waals surface area contributed by atoms with E-state index in [9.17, 15) is 21.6 Å². The number of thiazole rings is 1. The second-order valence-corrected chi connectivity index (χ2v) is 11.7. The summed E-state index contributed by atoms with van der Waals surface area (Å²) in [5, 5.41) is 3.19. The van der Waals surface area contributed by atoms with Gasteiger partial charge < -0.3 is 5.32 Å². The smallest absolute Gasteiger partial charge is 0.243 e. The maximum absolute atomic E-state index is 12.5. The lowest BCUT2D eigenvalue weighted by Crippen LogP contribution is -2.34. The van der Waals surface area contributed by atoms with Crippen LogP contribution in [-0.2, 0) is 24.7 Å². The van der Waals surface area contributed by atoms with Crippen molar-refractivity contribution in [3.63, 3.8) is 0 Å². The van der Waals surface area contributed by atoms with E-state index < -0.39 is 32.3 Å². The van der Waals surface area contributed by atoms with Crippen LogP contribution in [0, 0.1) is 0 Å². The Hall–Kier alpha value is -2.05. The molecule has 1 amide bonds. The standard InChI is InChI=1S/C17H16ClN3O5S3/c1-21(29(25,26)12-5-3-11(18)4-6-12)10-16(22)20-17-19-14-8-7-13(28(2,23)24)9-15(14)27-17/h3-9H,10H2,1-2H3,(H,19,20,22). The SMILES string of the molecule is CN(CC(=O)Nc1nc2ccc(S(C)(=O)=O)cc2s1)S(=O)(=O)c1ccc(Cl)cc1. The van der Waals surface area contributed by atoms with Crippen LogP contribution in [-0.4, -0.2) is 51.9 Å². The van der Waals surface area contributed by atoms with Gasteiger partial charge in [0, 0.05) is 18.3 Å². The Morgan fingerprint density at radius 2 is 1.72 bits per heavy atom. The fourth-order valence-corrected chi connectivity index (χ4v) is 5.32. The zero-order chi connectivity index (χ0) is 21.4. The molecule has 0 aliphatic heterocycles. The van der Waals surface area contributed by atoms with E-state index >= 15 is 0 Å². The second-order valence-electron chi connectivity index (χ2n) is 6.18. The molecule has 0 aliphatic carbocycles. The van der Waals surface area contributed by atoms with E-state index in [2.05, 4.69) is 10.3 Å². The number of benzene rings is 2. The van der Waals surface area contributed by atoms with Crippen molar-refractivity contribution in [2.45, 2.75) is 9.79 Å². The lowest BCUT2D eigenvalue weighted by atomic mass is 10.3. The van der Waals surface area contributed by atoms with Gasteiger partial charge in [-0.25, -0.2) is 21.8 Å². The molecule has 0 fully saturated rings. The maximum Gasteiger partial charge on any atom is 0.243 e. The molecule has 12 heteroatoms. The number of likely N-dealkylation sites (N-methyl/N-ethyl adjacent to an activating group) is 1. The zero-order valence-electron chi connectivity index (χ0n) is 15.3. The van der Waals surface area contributed by atoms with Crippen molar-refractivity contribution >= 4 is 64.1 Å². The molecule has 3 aromatic rings.